The van der Waals surface area contributed by atoms with Crippen LogP contribution < -0.4 is 10.2 Å². The van der Waals surface area contributed by atoms with Gasteiger partial charge in [0.1, 0.15) is 11.5 Å². The van der Waals surface area contributed by atoms with Crippen LogP contribution in [0.15, 0.2) is 52.5 Å². The minimum Gasteiger partial charge on any atom is -0.507 e. The van der Waals surface area contributed by atoms with Crippen molar-refractivity contribution in [3.63, 3.8) is 0 Å². The number of nitrogens with one attached hydrogen (secondary N) is 1. The topological polar surface area (TPSA) is 108 Å². The molecule has 0 aromatic heterocycles. The van der Waals surface area contributed by atoms with Gasteiger partial charge in [-0.1, -0.05) is 0 Å². The normalized spacial score (nSPS) is 12.1. The van der Waals surface area contributed by atoms with E-state index < -0.39 is 17.0 Å². The summed E-state index contributed by atoms with van der Waals surface area (Å²) in [6, 6.07) is 10.3. The Morgan fingerprint density at radius 3 is 2.52 bits per heavy atom. The maximum Gasteiger partial charge on any atom is 0.271 e. The number of phenolic OH excluding ortho intramolecular Hbond substituents is 1. The molecule has 120 valence electrons. The number of aromatic hydroxyl groups is 1. The number of methoxy groups -OCH3 is 1. The third-order valence-electron chi connectivity index (χ3n) is 2.93. The van der Waals surface area contributed by atoms with Gasteiger partial charge < -0.3 is 14.4 Å². The lowest BCUT2D eigenvalue weighted by Gasteiger charge is -2.03. The molecule has 0 saturated carbocycles. The van der Waals surface area contributed by atoms with Crippen molar-refractivity contribution in [1.82, 2.24) is 5.43 Å². The zero-order valence-electron chi connectivity index (χ0n) is 12.1. The van der Waals surface area contributed by atoms with E-state index in [1.165, 1.54) is 43.7 Å². The molecule has 2 aromatic carbocycles. The number of nitrogens with zero attached hydrogens (tertiary/aromatic N) is 1. The summed E-state index contributed by atoms with van der Waals surface area (Å²) in [4.78, 5) is 12.1. The molecule has 0 aliphatic heterocycles. The molecule has 7 nitrogen and oxygen atoms in total. The molecule has 1 atom stereocenters. The van der Waals surface area contributed by atoms with E-state index in [4.69, 9.17) is 9.29 Å². The fraction of sp³-hybridized carbons (Fsp3) is 0.0667. The number of carbonyl (C=O) groups excluding carboxylic acids is 1. The van der Waals surface area contributed by atoms with Gasteiger partial charge in [-0.3, -0.25) is 4.79 Å². The largest absolute Gasteiger partial charge is 0.507 e. The minimum absolute atomic E-state index is 0.0304. The lowest BCUT2D eigenvalue weighted by molar-refractivity contribution is 0.0955. The maximum absolute atomic E-state index is 11.9. The second kappa shape index (κ2) is 7.52. The summed E-state index contributed by atoms with van der Waals surface area (Å²) < 4.78 is 24.7. The van der Waals surface area contributed by atoms with Gasteiger partial charge >= 0.3 is 0 Å². The van der Waals surface area contributed by atoms with Gasteiger partial charge in [0.15, 0.2) is 11.1 Å². The van der Waals surface area contributed by atoms with Crippen LogP contribution in [-0.4, -0.2) is 33.1 Å². The van der Waals surface area contributed by atoms with Crippen LogP contribution in [0.3, 0.4) is 0 Å². The van der Waals surface area contributed by atoms with Crippen LogP contribution in [0.2, 0.25) is 0 Å². The molecule has 2 aromatic rings. The zero-order chi connectivity index (χ0) is 16.8. The molecule has 2 rings (SSSR count). The maximum atomic E-state index is 11.9. The summed E-state index contributed by atoms with van der Waals surface area (Å²) in [5.41, 5.74) is 3.00. The van der Waals surface area contributed by atoms with E-state index in [-0.39, 0.29) is 16.2 Å². The van der Waals surface area contributed by atoms with Crippen LogP contribution in [0.25, 0.3) is 0 Å². The number of phenols is 1. The monoisotopic (exact) mass is 334 g/mol. The van der Waals surface area contributed by atoms with Gasteiger partial charge in [-0.15, -0.1) is 0 Å². The van der Waals surface area contributed by atoms with Crippen molar-refractivity contribution in [3.05, 3.63) is 53.6 Å². The fourth-order valence-electron chi connectivity index (χ4n) is 1.71. The first-order valence-electron chi connectivity index (χ1n) is 6.42. The Morgan fingerprint density at radius 2 is 1.96 bits per heavy atom. The molecule has 0 spiro atoms. The Kier molecular flexibility index (Phi) is 5.45. The molecule has 1 unspecified atom stereocenters. The highest BCUT2D eigenvalue weighted by molar-refractivity contribution is 7.79. The van der Waals surface area contributed by atoms with Crippen LogP contribution >= 0.6 is 0 Å². The van der Waals surface area contributed by atoms with Crippen molar-refractivity contribution < 1.29 is 23.4 Å². The van der Waals surface area contributed by atoms with E-state index in [0.29, 0.717) is 11.3 Å². The van der Waals surface area contributed by atoms with Gasteiger partial charge in [0.2, 0.25) is 0 Å². The predicted octanol–water partition coefficient (Wildman–Crippen LogP) is 1.75. The van der Waals surface area contributed by atoms with Crippen molar-refractivity contribution >= 4 is 23.2 Å². The molecule has 0 bridgehead atoms. The summed E-state index contributed by atoms with van der Waals surface area (Å²) in [7, 11) is 1.49. The average Bonchev–Trinajstić information content (AvgIpc) is 2.56. The Hall–Kier alpha value is -2.71. The average molecular weight is 334 g/mol. The van der Waals surface area contributed by atoms with Crippen molar-refractivity contribution in [2.75, 3.05) is 7.11 Å². The van der Waals surface area contributed by atoms with E-state index in [2.05, 4.69) is 10.5 Å². The summed E-state index contributed by atoms with van der Waals surface area (Å²) in [5.74, 6) is -0.00769. The van der Waals surface area contributed by atoms with Crippen LogP contribution in [0.4, 0.5) is 0 Å². The molecule has 8 heteroatoms. The van der Waals surface area contributed by atoms with Gasteiger partial charge in [-0.2, -0.15) is 5.10 Å². The highest BCUT2D eigenvalue weighted by Crippen LogP contribution is 2.21. The molecular formula is C15H14N2O5S. The molecule has 3 N–H and O–H groups in total. The number of hydrazone groups is 1. The highest BCUT2D eigenvalue weighted by atomic mass is 32.2. The van der Waals surface area contributed by atoms with E-state index in [1.54, 1.807) is 12.1 Å². The zero-order valence-corrected chi connectivity index (χ0v) is 12.9. The van der Waals surface area contributed by atoms with E-state index in [9.17, 15) is 14.1 Å². The quantitative estimate of drug-likeness (QED) is 0.438. The molecule has 0 heterocycles. The predicted molar refractivity (Wildman–Crippen MR) is 85.2 cm³/mol. The second-order valence-electron chi connectivity index (χ2n) is 4.40. The highest BCUT2D eigenvalue weighted by Gasteiger charge is 2.06. The summed E-state index contributed by atoms with van der Waals surface area (Å²) in [5, 5.41) is 13.5. The van der Waals surface area contributed by atoms with Crippen LogP contribution in [0.5, 0.6) is 11.5 Å². The Bertz CT molecular complexity index is 759. The first-order valence-corrected chi connectivity index (χ1v) is 7.53. The smallest absolute Gasteiger partial charge is 0.271 e. The molecule has 0 saturated heterocycles. The van der Waals surface area contributed by atoms with Crippen molar-refractivity contribution in [1.29, 1.82) is 0 Å². The van der Waals surface area contributed by atoms with Crippen molar-refractivity contribution in [2.45, 2.75) is 4.90 Å². The Morgan fingerprint density at radius 1 is 1.26 bits per heavy atom. The lowest BCUT2D eigenvalue weighted by Crippen LogP contribution is -2.17. The number of rotatable bonds is 5. The first kappa shape index (κ1) is 16.7. The number of benzene rings is 2. The molecule has 1 amide bonds. The summed E-state index contributed by atoms with van der Waals surface area (Å²) >= 11 is -2.09. The van der Waals surface area contributed by atoms with Gasteiger partial charge in [0.25, 0.3) is 5.91 Å². The number of ether oxygens (including phenoxy) is 1. The van der Waals surface area contributed by atoms with E-state index in [0.717, 1.165) is 0 Å². The van der Waals surface area contributed by atoms with Crippen LogP contribution in [0.1, 0.15) is 15.9 Å². The third-order valence-corrected chi connectivity index (χ3v) is 3.60. The first-order chi connectivity index (χ1) is 11.0. The molecular weight excluding hydrogens is 320 g/mol. The van der Waals surface area contributed by atoms with Crippen LogP contribution in [0, 0.1) is 0 Å². The fourth-order valence-corrected chi connectivity index (χ4v) is 2.08. The van der Waals surface area contributed by atoms with E-state index >= 15 is 0 Å². The summed E-state index contributed by atoms with van der Waals surface area (Å²) in [6.45, 7) is 0. The SMILES string of the molecule is COc1ccc(/C=N/NC(=O)c2ccc(S(=O)O)cc2)c(O)c1. The van der Waals surface area contributed by atoms with Crippen molar-refractivity contribution in [2.24, 2.45) is 5.10 Å². The second-order valence-corrected chi connectivity index (χ2v) is 5.37. The Balaban J connectivity index is 2.02. The minimum atomic E-state index is -2.09. The van der Waals surface area contributed by atoms with Gasteiger partial charge in [-0.05, 0) is 36.4 Å². The number of hydrogen-bond acceptors (Lipinski definition) is 5. The van der Waals surface area contributed by atoms with Gasteiger partial charge in [0.05, 0.1) is 18.2 Å². The molecule has 0 radical (unpaired) electrons. The van der Waals surface area contributed by atoms with Crippen LogP contribution in [-0.2, 0) is 11.1 Å². The molecule has 0 aliphatic rings. The van der Waals surface area contributed by atoms with E-state index in [1.807, 2.05) is 0 Å². The standard InChI is InChI=1S/C15H14N2O5S/c1-22-12-5-2-11(14(18)8-12)9-16-17-15(19)10-3-6-13(7-4-10)23(20)21/h2-9,18H,1H3,(H,17,19)(H,20,21)/b16-9+. The molecule has 0 aliphatic carbocycles. The number of carbonyl (C=O) groups is 1. The Labute approximate surface area is 134 Å². The van der Waals surface area contributed by atoms with Gasteiger partial charge in [0, 0.05) is 17.2 Å². The third kappa shape index (κ3) is 4.38. The molecule has 23 heavy (non-hydrogen) atoms. The molecule has 0 fully saturated rings. The summed E-state index contributed by atoms with van der Waals surface area (Å²) in [6.07, 6.45) is 1.30. The van der Waals surface area contributed by atoms with Gasteiger partial charge in [-0.25, -0.2) is 9.63 Å². The lowest BCUT2D eigenvalue weighted by atomic mass is 10.2. The number of amides is 1. The number of hydrogen-bond donors (Lipinski definition) is 3. The van der Waals surface area contributed by atoms with Crippen molar-refractivity contribution in [3.8, 4) is 11.5 Å².